The number of thiophene rings is 1. The summed E-state index contributed by atoms with van der Waals surface area (Å²) in [5.41, 5.74) is 0. The van der Waals surface area contributed by atoms with Gasteiger partial charge >= 0.3 is 0 Å². The zero-order valence-electron chi connectivity index (χ0n) is 11.1. The molecule has 2 aromatic heterocycles. The van der Waals surface area contributed by atoms with Gasteiger partial charge < -0.3 is 9.63 Å². The van der Waals surface area contributed by atoms with Gasteiger partial charge in [0.1, 0.15) is 0 Å². The lowest BCUT2D eigenvalue weighted by molar-refractivity contribution is 0.268. The smallest absolute Gasteiger partial charge is 0.268 e. The highest BCUT2D eigenvalue weighted by atomic mass is 32.1. The molecule has 0 radical (unpaired) electrons. The van der Waals surface area contributed by atoms with Crippen LogP contribution in [0.1, 0.15) is 25.1 Å². The summed E-state index contributed by atoms with van der Waals surface area (Å²) in [5.74, 6) is 1.31. The van der Waals surface area contributed by atoms with Crippen LogP contribution in [0, 0.1) is 0 Å². The van der Waals surface area contributed by atoms with E-state index in [2.05, 4.69) is 15.0 Å². The van der Waals surface area contributed by atoms with E-state index in [0.29, 0.717) is 18.3 Å². The molecule has 2 rings (SSSR count). The van der Waals surface area contributed by atoms with Gasteiger partial charge in [0, 0.05) is 6.61 Å². The second kappa shape index (κ2) is 7.37. The van der Waals surface area contributed by atoms with E-state index in [1.807, 2.05) is 24.6 Å². The lowest BCUT2D eigenvalue weighted by Crippen LogP contribution is -2.19. The summed E-state index contributed by atoms with van der Waals surface area (Å²) in [5, 5.41) is 14.7. The number of aliphatic hydroxyl groups is 1. The molecule has 2 aromatic rings. The van der Waals surface area contributed by atoms with E-state index in [-0.39, 0.29) is 6.61 Å². The first kappa shape index (κ1) is 14.2. The van der Waals surface area contributed by atoms with Crippen molar-refractivity contribution in [1.29, 1.82) is 0 Å². The molecule has 0 spiro atoms. The van der Waals surface area contributed by atoms with Crippen molar-refractivity contribution in [1.82, 2.24) is 15.0 Å². The van der Waals surface area contributed by atoms with E-state index in [0.717, 1.165) is 30.7 Å². The maximum Gasteiger partial charge on any atom is 0.268 e. The van der Waals surface area contributed by atoms with Crippen LogP contribution in [-0.2, 0) is 6.54 Å². The van der Waals surface area contributed by atoms with Gasteiger partial charge in [0.2, 0.25) is 0 Å². The third kappa shape index (κ3) is 4.41. The van der Waals surface area contributed by atoms with Crippen LogP contribution in [0.2, 0.25) is 0 Å². The Morgan fingerprint density at radius 2 is 2.26 bits per heavy atom. The summed E-state index contributed by atoms with van der Waals surface area (Å²) in [6.07, 6.45) is 3.00. The molecule has 0 fully saturated rings. The Hall–Kier alpha value is -1.24. The monoisotopic (exact) mass is 281 g/mol. The van der Waals surface area contributed by atoms with Crippen molar-refractivity contribution < 1.29 is 9.63 Å². The van der Waals surface area contributed by atoms with Crippen LogP contribution < -0.4 is 0 Å². The quantitative estimate of drug-likeness (QED) is 0.753. The topological polar surface area (TPSA) is 62.4 Å². The molecule has 0 saturated carbocycles. The highest BCUT2D eigenvalue weighted by molar-refractivity contribution is 7.13. The summed E-state index contributed by atoms with van der Waals surface area (Å²) in [4.78, 5) is 7.56. The van der Waals surface area contributed by atoms with Crippen LogP contribution in [-0.4, -0.2) is 40.3 Å². The number of aromatic nitrogens is 2. The molecule has 0 aliphatic heterocycles. The lowest BCUT2D eigenvalue weighted by Gasteiger charge is -2.13. The second-order valence-corrected chi connectivity index (χ2v) is 5.46. The molecule has 0 aliphatic rings. The first-order valence-corrected chi connectivity index (χ1v) is 7.33. The van der Waals surface area contributed by atoms with E-state index in [4.69, 9.17) is 9.63 Å². The molecule has 19 heavy (non-hydrogen) atoms. The van der Waals surface area contributed by atoms with E-state index < -0.39 is 0 Å². The number of unbranched alkanes of at least 4 members (excludes halogenated alkanes) is 2. The van der Waals surface area contributed by atoms with Gasteiger partial charge in [0.25, 0.3) is 5.89 Å². The Balaban J connectivity index is 1.79. The Labute approximate surface area is 116 Å². The van der Waals surface area contributed by atoms with Crippen molar-refractivity contribution in [2.45, 2.75) is 25.8 Å². The Kier molecular flexibility index (Phi) is 5.50. The van der Waals surface area contributed by atoms with Gasteiger partial charge in [-0.25, -0.2) is 0 Å². The average molecular weight is 281 g/mol. The molecule has 5 nitrogen and oxygen atoms in total. The SMILES string of the molecule is CN(CCCCCO)Cc1noc(-c2cccs2)n1. The number of hydrogen-bond acceptors (Lipinski definition) is 6. The van der Waals surface area contributed by atoms with Gasteiger partial charge in [0.05, 0.1) is 11.4 Å². The van der Waals surface area contributed by atoms with Gasteiger partial charge in [-0.05, 0) is 44.3 Å². The molecule has 0 saturated heterocycles. The molecular weight excluding hydrogens is 262 g/mol. The summed E-state index contributed by atoms with van der Waals surface area (Å²) in [6.45, 7) is 1.94. The largest absolute Gasteiger partial charge is 0.396 e. The van der Waals surface area contributed by atoms with Crippen molar-refractivity contribution in [2.75, 3.05) is 20.2 Å². The third-order valence-electron chi connectivity index (χ3n) is 2.81. The highest BCUT2D eigenvalue weighted by Crippen LogP contribution is 2.22. The molecule has 0 unspecified atom stereocenters. The van der Waals surface area contributed by atoms with Gasteiger partial charge in [-0.15, -0.1) is 11.3 Å². The minimum Gasteiger partial charge on any atom is -0.396 e. The van der Waals surface area contributed by atoms with Crippen molar-refractivity contribution in [3.63, 3.8) is 0 Å². The van der Waals surface area contributed by atoms with Gasteiger partial charge in [-0.2, -0.15) is 4.98 Å². The summed E-state index contributed by atoms with van der Waals surface area (Å²) in [7, 11) is 2.04. The van der Waals surface area contributed by atoms with Crippen LogP contribution in [0.5, 0.6) is 0 Å². The highest BCUT2D eigenvalue weighted by Gasteiger charge is 2.11. The lowest BCUT2D eigenvalue weighted by atomic mass is 10.2. The predicted molar refractivity (Wildman–Crippen MR) is 74.9 cm³/mol. The van der Waals surface area contributed by atoms with Crippen LogP contribution in [0.15, 0.2) is 22.0 Å². The minimum absolute atomic E-state index is 0.277. The van der Waals surface area contributed by atoms with Crippen LogP contribution >= 0.6 is 11.3 Å². The first-order chi connectivity index (χ1) is 9.29. The molecule has 0 bridgehead atoms. The van der Waals surface area contributed by atoms with E-state index in [9.17, 15) is 0 Å². The van der Waals surface area contributed by atoms with Crippen LogP contribution in [0.25, 0.3) is 10.8 Å². The molecule has 0 atom stereocenters. The number of aliphatic hydroxyl groups excluding tert-OH is 1. The number of nitrogens with zero attached hydrogens (tertiary/aromatic N) is 3. The number of rotatable bonds is 8. The molecule has 2 heterocycles. The molecule has 0 aromatic carbocycles. The van der Waals surface area contributed by atoms with Crippen molar-refractivity contribution in [3.8, 4) is 10.8 Å². The first-order valence-electron chi connectivity index (χ1n) is 6.45. The molecule has 0 amide bonds. The van der Waals surface area contributed by atoms with Crippen molar-refractivity contribution >= 4 is 11.3 Å². The maximum atomic E-state index is 8.71. The van der Waals surface area contributed by atoms with Crippen molar-refractivity contribution in [3.05, 3.63) is 23.3 Å². The summed E-state index contributed by atoms with van der Waals surface area (Å²) >= 11 is 1.59. The Bertz CT molecular complexity index is 470. The number of hydrogen-bond donors (Lipinski definition) is 1. The Morgan fingerprint density at radius 1 is 1.37 bits per heavy atom. The van der Waals surface area contributed by atoms with E-state index >= 15 is 0 Å². The molecule has 6 heteroatoms. The average Bonchev–Trinajstić information content (AvgIpc) is 3.04. The minimum atomic E-state index is 0.277. The fourth-order valence-electron chi connectivity index (χ4n) is 1.81. The second-order valence-electron chi connectivity index (χ2n) is 4.52. The normalized spacial score (nSPS) is 11.3. The van der Waals surface area contributed by atoms with Gasteiger partial charge in [0.15, 0.2) is 5.82 Å². The van der Waals surface area contributed by atoms with Crippen LogP contribution in [0.3, 0.4) is 0 Å². The summed E-state index contributed by atoms with van der Waals surface area (Å²) < 4.78 is 5.24. The molecular formula is C13H19N3O2S. The van der Waals surface area contributed by atoms with E-state index in [1.165, 1.54) is 0 Å². The fraction of sp³-hybridized carbons (Fsp3) is 0.538. The summed E-state index contributed by atoms with van der Waals surface area (Å²) in [6, 6.07) is 3.94. The third-order valence-corrected chi connectivity index (χ3v) is 3.67. The van der Waals surface area contributed by atoms with Gasteiger partial charge in [-0.3, -0.25) is 4.90 Å². The van der Waals surface area contributed by atoms with Crippen LogP contribution in [0.4, 0.5) is 0 Å². The Morgan fingerprint density at radius 3 is 3.00 bits per heavy atom. The molecule has 1 N–H and O–H groups in total. The fourth-order valence-corrected chi connectivity index (χ4v) is 2.45. The van der Waals surface area contributed by atoms with Gasteiger partial charge in [-0.1, -0.05) is 11.2 Å². The maximum absolute atomic E-state index is 8.71. The zero-order chi connectivity index (χ0) is 13.5. The zero-order valence-corrected chi connectivity index (χ0v) is 11.9. The predicted octanol–water partition coefficient (Wildman–Crippen LogP) is 2.39. The molecule has 0 aliphatic carbocycles. The standard InChI is InChI=1S/C13H19N3O2S/c1-16(7-3-2-4-8-17)10-12-14-13(18-15-12)11-6-5-9-19-11/h5-6,9,17H,2-4,7-8,10H2,1H3. The van der Waals surface area contributed by atoms with Crippen molar-refractivity contribution in [2.24, 2.45) is 0 Å². The van der Waals surface area contributed by atoms with E-state index in [1.54, 1.807) is 11.3 Å². The molecule has 104 valence electrons.